The first-order valence-corrected chi connectivity index (χ1v) is 9.77. The van der Waals surface area contributed by atoms with Gasteiger partial charge in [-0.1, -0.05) is 31.2 Å². The largest absolute Gasteiger partial charge is 0.494 e. The molecule has 4 nitrogen and oxygen atoms in total. The molecule has 1 saturated heterocycles. The van der Waals surface area contributed by atoms with Crippen molar-refractivity contribution in [2.45, 2.75) is 58.2 Å². The number of carbonyl (C=O) groups is 2. The van der Waals surface area contributed by atoms with E-state index < -0.39 is 22.9 Å². The van der Waals surface area contributed by atoms with E-state index in [2.05, 4.69) is 0 Å². The zero-order valence-corrected chi connectivity index (χ0v) is 17.8. The number of rotatable bonds is 4. The van der Waals surface area contributed by atoms with Crippen molar-refractivity contribution in [3.8, 4) is 16.9 Å². The fraction of sp³-hybridized carbons (Fsp3) is 0.417. The van der Waals surface area contributed by atoms with Gasteiger partial charge in [0.15, 0.2) is 23.1 Å². The zero-order valence-electron chi connectivity index (χ0n) is 17.8. The predicted octanol–water partition coefficient (Wildman–Crippen LogP) is 4.87. The summed E-state index contributed by atoms with van der Waals surface area (Å²) in [7, 11) is 1.43. The van der Waals surface area contributed by atoms with E-state index in [1.807, 2.05) is 25.1 Å². The Kier molecular flexibility index (Phi) is 5.39. The van der Waals surface area contributed by atoms with Crippen molar-refractivity contribution >= 4 is 11.6 Å². The Morgan fingerprint density at radius 3 is 2.07 bits per heavy atom. The number of ether oxygens (including phenoxy) is 2. The molecule has 5 heteroatoms. The minimum absolute atomic E-state index is 0.169. The summed E-state index contributed by atoms with van der Waals surface area (Å²) in [6.45, 7) is 8.82. The summed E-state index contributed by atoms with van der Waals surface area (Å²) in [5.41, 5.74) is 1.20. The molecular weight excluding hydrogens is 371 g/mol. The van der Waals surface area contributed by atoms with Crippen molar-refractivity contribution in [3.63, 3.8) is 0 Å². The lowest BCUT2D eigenvalue weighted by Crippen LogP contribution is -2.58. The van der Waals surface area contributed by atoms with Crippen LogP contribution in [0, 0.1) is 5.82 Å². The van der Waals surface area contributed by atoms with Crippen LogP contribution in [0.3, 0.4) is 0 Å². The topological polar surface area (TPSA) is 52.6 Å². The number of ketones is 2. The Hall–Kier alpha value is -2.53. The second kappa shape index (κ2) is 7.38. The molecule has 1 aliphatic rings. The molecule has 1 aliphatic heterocycles. The van der Waals surface area contributed by atoms with Crippen LogP contribution in [0.1, 0.15) is 51.7 Å². The standard InChI is InChI=1S/C24H27FO4/c1-7-14-12-15(16-9-11-18(25)19(13-16)28-6)8-10-17(14)20-21(26)23(2,3)29-24(4,5)22(20)27/h8-13,20H,7H2,1-6H3. The number of halogens is 1. The molecule has 3 rings (SSSR count). The molecule has 0 saturated carbocycles. The summed E-state index contributed by atoms with van der Waals surface area (Å²) in [5, 5.41) is 0. The van der Waals surface area contributed by atoms with Gasteiger partial charge in [0.05, 0.1) is 7.11 Å². The molecule has 0 radical (unpaired) electrons. The minimum atomic E-state index is -1.05. The Morgan fingerprint density at radius 2 is 1.52 bits per heavy atom. The lowest BCUT2D eigenvalue weighted by Gasteiger charge is -2.43. The molecular formula is C24H27FO4. The summed E-state index contributed by atoms with van der Waals surface area (Å²) in [4.78, 5) is 26.2. The molecule has 0 atom stereocenters. The number of carbonyl (C=O) groups excluding carboxylic acids is 2. The molecule has 0 aromatic heterocycles. The normalized spacial score (nSPS) is 18.7. The van der Waals surface area contributed by atoms with Crippen LogP contribution >= 0.6 is 0 Å². The highest BCUT2D eigenvalue weighted by molar-refractivity contribution is 6.15. The van der Waals surface area contributed by atoms with Gasteiger partial charge in [0, 0.05) is 0 Å². The molecule has 0 spiro atoms. The third-order valence-corrected chi connectivity index (χ3v) is 5.54. The van der Waals surface area contributed by atoms with Crippen molar-refractivity contribution in [2.24, 2.45) is 0 Å². The Labute approximate surface area is 171 Å². The van der Waals surface area contributed by atoms with Gasteiger partial charge in [0.25, 0.3) is 0 Å². The van der Waals surface area contributed by atoms with Crippen molar-refractivity contribution in [1.29, 1.82) is 0 Å². The van der Waals surface area contributed by atoms with Crippen molar-refractivity contribution < 1.29 is 23.5 Å². The van der Waals surface area contributed by atoms with E-state index in [1.54, 1.807) is 39.8 Å². The molecule has 0 unspecified atom stereocenters. The van der Waals surface area contributed by atoms with Crippen molar-refractivity contribution in [3.05, 3.63) is 53.3 Å². The van der Waals surface area contributed by atoms with Crippen LogP contribution in [-0.4, -0.2) is 29.9 Å². The number of hydrogen-bond acceptors (Lipinski definition) is 4. The zero-order chi connectivity index (χ0) is 21.6. The van der Waals surface area contributed by atoms with Gasteiger partial charge in [-0.3, -0.25) is 9.59 Å². The van der Waals surface area contributed by atoms with Crippen LogP contribution < -0.4 is 4.74 Å². The number of hydrogen-bond donors (Lipinski definition) is 0. The molecule has 2 aromatic carbocycles. The van der Waals surface area contributed by atoms with E-state index in [-0.39, 0.29) is 17.3 Å². The van der Waals surface area contributed by atoms with Crippen molar-refractivity contribution in [2.75, 3.05) is 7.11 Å². The maximum absolute atomic E-state index is 13.8. The number of benzene rings is 2. The molecule has 0 aliphatic carbocycles. The average Bonchev–Trinajstić information content (AvgIpc) is 2.66. The van der Waals surface area contributed by atoms with Gasteiger partial charge in [0.1, 0.15) is 17.1 Å². The summed E-state index contributed by atoms with van der Waals surface area (Å²) in [5.74, 6) is -1.57. The number of methoxy groups -OCH3 is 1. The highest BCUT2D eigenvalue weighted by atomic mass is 19.1. The molecule has 1 fully saturated rings. The van der Waals surface area contributed by atoms with Crippen LogP contribution in [-0.2, 0) is 20.7 Å². The van der Waals surface area contributed by atoms with Crippen LogP contribution in [0.25, 0.3) is 11.1 Å². The molecule has 1 heterocycles. The maximum Gasteiger partial charge on any atom is 0.179 e. The SMILES string of the molecule is CCc1cc(-c2ccc(F)c(OC)c2)ccc1C1C(=O)C(C)(C)OC(C)(C)C1=O. The van der Waals surface area contributed by atoms with E-state index in [4.69, 9.17) is 9.47 Å². The Morgan fingerprint density at radius 1 is 0.966 bits per heavy atom. The first kappa shape index (κ1) is 21.2. The van der Waals surface area contributed by atoms with Crippen LogP contribution in [0.4, 0.5) is 4.39 Å². The number of aryl methyl sites for hydroxylation is 1. The third kappa shape index (κ3) is 3.71. The highest BCUT2D eigenvalue weighted by Gasteiger charge is 2.53. The quantitative estimate of drug-likeness (QED) is 0.690. The summed E-state index contributed by atoms with van der Waals surface area (Å²) >= 11 is 0. The number of Topliss-reactive ketones (excluding diaryl/α,β-unsaturated/α-hetero) is 2. The monoisotopic (exact) mass is 398 g/mol. The van der Waals surface area contributed by atoms with Gasteiger partial charge in [-0.2, -0.15) is 0 Å². The predicted molar refractivity (Wildman–Crippen MR) is 110 cm³/mol. The molecule has 0 amide bonds. The van der Waals surface area contributed by atoms with E-state index in [9.17, 15) is 14.0 Å². The molecule has 0 bridgehead atoms. The van der Waals surface area contributed by atoms with Gasteiger partial charge in [-0.05, 0) is 68.5 Å². The van der Waals surface area contributed by atoms with Gasteiger partial charge >= 0.3 is 0 Å². The summed E-state index contributed by atoms with van der Waals surface area (Å²) in [6, 6.07) is 10.3. The molecule has 0 N–H and O–H groups in total. The molecule has 2 aromatic rings. The minimum Gasteiger partial charge on any atom is -0.494 e. The summed E-state index contributed by atoms with van der Waals surface area (Å²) in [6.07, 6.45) is 0.653. The van der Waals surface area contributed by atoms with E-state index >= 15 is 0 Å². The summed E-state index contributed by atoms with van der Waals surface area (Å²) < 4.78 is 24.6. The first-order chi connectivity index (χ1) is 13.5. The second-order valence-electron chi connectivity index (χ2n) is 8.40. The van der Waals surface area contributed by atoms with E-state index in [0.717, 1.165) is 16.7 Å². The molecule has 29 heavy (non-hydrogen) atoms. The second-order valence-corrected chi connectivity index (χ2v) is 8.40. The lowest BCUT2D eigenvalue weighted by atomic mass is 9.73. The van der Waals surface area contributed by atoms with Gasteiger partial charge < -0.3 is 9.47 Å². The fourth-order valence-electron chi connectivity index (χ4n) is 4.05. The third-order valence-electron chi connectivity index (χ3n) is 5.54. The van der Waals surface area contributed by atoms with Gasteiger partial charge in [-0.15, -0.1) is 0 Å². The smallest absolute Gasteiger partial charge is 0.179 e. The maximum atomic E-state index is 13.8. The van der Waals surface area contributed by atoms with Crippen LogP contribution in [0.5, 0.6) is 5.75 Å². The van der Waals surface area contributed by atoms with Crippen LogP contribution in [0.15, 0.2) is 36.4 Å². The van der Waals surface area contributed by atoms with Gasteiger partial charge in [-0.25, -0.2) is 4.39 Å². The lowest BCUT2D eigenvalue weighted by molar-refractivity contribution is -0.184. The first-order valence-electron chi connectivity index (χ1n) is 9.77. The Bertz CT molecular complexity index is 949. The average molecular weight is 398 g/mol. The van der Waals surface area contributed by atoms with E-state index in [0.29, 0.717) is 12.0 Å². The highest BCUT2D eigenvalue weighted by Crippen LogP contribution is 2.40. The van der Waals surface area contributed by atoms with Crippen molar-refractivity contribution in [1.82, 2.24) is 0 Å². The Balaban J connectivity index is 2.10. The molecule has 154 valence electrons. The van der Waals surface area contributed by atoms with Gasteiger partial charge in [0.2, 0.25) is 0 Å². The fourth-order valence-corrected chi connectivity index (χ4v) is 4.05. The van der Waals surface area contributed by atoms with Crippen LogP contribution in [0.2, 0.25) is 0 Å². The van der Waals surface area contributed by atoms with E-state index in [1.165, 1.54) is 13.2 Å².